The van der Waals surface area contributed by atoms with Crippen LogP contribution in [-0.2, 0) is 9.59 Å². The molecule has 1 aliphatic rings. The second kappa shape index (κ2) is 7.54. The number of ether oxygens (including phenoxy) is 1. The molecule has 0 bridgehead atoms. The van der Waals surface area contributed by atoms with Gasteiger partial charge in [-0.15, -0.1) is 0 Å². The first kappa shape index (κ1) is 18.1. The lowest BCUT2D eigenvalue weighted by atomic mass is 9.91. The molecule has 1 aromatic rings. The summed E-state index contributed by atoms with van der Waals surface area (Å²) >= 11 is 1.38. The molecule has 1 amide bonds. The van der Waals surface area contributed by atoms with Crippen molar-refractivity contribution in [1.82, 2.24) is 4.90 Å². The van der Waals surface area contributed by atoms with E-state index in [1.165, 1.54) is 11.8 Å². The molecule has 1 fully saturated rings. The minimum atomic E-state index is -0.468. The molecule has 126 valence electrons. The first-order valence-corrected chi connectivity index (χ1v) is 8.62. The molecule has 24 heavy (non-hydrogen) atoms. The number of benzene rings is 1. The highest BCUT2D eigenvalue weighted by molar-refractivity contribution is 8.04. The van der Waals surface area contributed by atoms with E-state index in [9.17, 15) is 9.59 Å². The van der Waals surface area contributed by atoms with Crippen LogP contribution in [-0.4, -0.2) is 35.5 Å². The molecule has 5 nitrogen and oxygen atoms in total. The number of hydrogen-bond donors (Lipinski definition) is 0. The Morgan fingerprint density at radius 1 is 1.38 bits per heavy atom. The first-order chi connectivity index (χ1) is 11.3. The normalized spacial score (nSPS) is 16.3. The van der Waals surface area contributed by atoms with Crippen LogP contribution in [0.4, 0.5) is 0 Å². The maximum atomic E-state index is 12.1. The summed E-state index contributed by atoms with van der Waals surface area (Å²) in [5.41, 5.74) is 0.100. The topological polar surface area (TPSA) is 70.4 Å². The van der Waals surface area contributed by atoms with Gasteiger partial charge < -0.3 is 9.64 Å². The van der Waals surface area contributed by atoms with Crippen molar-refractivity contribution in [2.45, 2.75) is 20.8 Å². The number of thioether (sulfide) groups is 1. The number of rotatable bonds is 5. The van der Waals surface area contributed by atoms with Crippen molar-refractivity contribution >= 4 is 23.5 Å². The summed E-state index contributed by atoms with van der Waals surface area (Å²) in [5.74, 6) is 0.971. The van der Waals surface area contributed by atoms with Crippen LogP contribution in [0.15, 0.2) is 35.4 Å². The van der Waals surface area contributed by atoms with Gasteiger partial charge in [-0.2, -0.15) is 5.26 Å². The predicted octanol–water partition coefficient (Wildman–Crippen LogP) is 2.97. The van der Waals surface area contributed by atoms with Gasteiger partial charge in [0.2, 0.25) is 5.91 Å². The van der Waals surface area contributed by atoms with Gasteiger partial charge in [-0.05, 0) is 24.3 Å². The van der Waals surface area contributed by atoms with Crippen LogP contribution in [0.2, 0.25) is 0 Å². The summed E-state index contributed by atoms with van der Waals surface area (Å²) in [5, 5.41) is 9.45. The van der Waals surface area contributed by atoms with E-state index in [0.717, 1.165) is 0 Å². The molecule has 1 saturated heterocycles. The first-order valence-electron chi connectivity index (χ1n) is 7.63. The van der Waals surface area contributed by atoms with Crippen LogP contribution in [0, 0.1) is 16.7 Å². The molecule has 0 saturated carbocycles. The summed E-state index contributed by atoms with van der Waals surface area (Å²) in [7, 11) is 0. The molecule has 0 unspecified atom stereocenters. The third kappa shape index (κ3) is 4.62. The van der Waals surface area contributed by atoms with Crippen molar-refractivity contribution in [1.29, 1.82) is 5.26 Å². The number of carbonyl (C=O) groups is 2. The fraction of sp³-hybridized carbons (Fsp3) is 0.389. The SMILES string of the molecule is CC(C)(C)C(=O)/C=C1\SCC(=O)N1CCOc1ccc(C#N)cc1. The number of carbonyl (C=O) groups excluding carboxylic acids is 2. The summed E-state index contributed by atoms with van der Waals surface area (Å²) in [4.78, 5) is 25.7. The lowest BCUT2D eigenvalue weighted by Crippen LogP contribution is -2.30. The highest BCUT2D eigenvalue weighted by atomic mass is 32.2. The molecule has 6 heteroatoms. The maximum absolute atomic E-state index is 12.1. The molecule has 0 spiro atoms. The monoisotopic (exact) mass is 344 g/mol. The van der Waals surface area contributed by atoms with Gasteiger partial charge in [0.05, 0.1) is 29.0 Å². The average molecular weight is 344 g/mol. The van der Waals surface area contributed by atoms with Crippen molar-refractivity contribution in [3.8, 4) is 11.8 Å². The third-order valence-corrected chi connectivity index (χ3v) is 4.50. The molecule has 2 rings (SSSR count). The van der Waals surface area contributed by atoms with E-state index in [-0.39, 0.29) is 11.7 Å². The van der Waals surface area contributed by atoms with Crippen molar-refractivity contribution in [2.75, 3.05) is 18.9 Å². The van der Waals surface area contributed by atoms with Crippen molar-refractivity contribution in [3.63, 3.8) is 0 Å². The second-order valence-electron chi connectivity index (χ2n) is 6.42. The van der Waals surface area contributed by atoms with E-state index in [4.69, 9.17) is 10.00 Å². The zero-order chi connectivity index (χ0) is 17.7. The van der Waals surface area contributed by atoms with Gasteiger partial charge in [-0.3, -0.25) is 9.59 Å². The number of allylic oxidation sites excluding steroid dienone is 1. The van der Waals surface area contributed by atoms with Crippen LogP contribution in [0.25, 0.3) is 0 Å². The fourth-order valence-corrected chi connectivity index (χ4v) is 2.94. The number of ketones is 1. The van der Waals surface area contributed by atoms with E-state index in [1.807, 2.05) is 26.8 Å². The molecule has 0 N–H and O–H groups in total. The summed E-state index contributed by atoms with van der Waals surface area (Å²) in [6.45, 7) is 6.26. The Hall–Kier alpha value is -2.26. The number of hydrogen-bond acceptors (Lipinski definition) is 5. The van der Waals surface area contributed by atoms with Crippen LogP contribution < -0.4 is 4.74 Å². The Morgan fingerprint density at radius 2 is 2.04 bits per heavy atom. The van der Waals surface area contributed by atoms with E-state index < -0.39 is 5.41 Å². The minimum Gasteiger partial charge on any atom is -0.492 e. The quantitative estimate of drug-likeness (QED) is 0.768. The largest absolute Gasteiger partial charge is 0.492 e. The van der Waals surface area contributed by atoms with Gasteiger partial charge in [0, 0.05) is 11.5 Å². The van der Waals surface area contributed by atoms with Crippen LogP contribution in [0.1, 0.15) is 26.3 Å². The molecule has 1 aliphatic heterocycles. The molecule has 0 atom stereocenters. The third-order valence-electron chi connectivity index (χ3n) is 3.47. The van der Waals surface area contributed by atoms with Gasteiger partial charge in [0.15, 0.2) is 5.78 Å². The molecule has 1 heterocycles. The highest BCUT2D eigenvalue weighted by Crippen LogP contribution is 2.30. The van der Waals surface area contributed by atoms with Gasteiger partial charge in [0.25, 0.3) is 0 Å². The van der Waals surface area contributed by atoms with E-state index in [0.29, 0.717) is 35.2 Å². The summed E-state index contributed by atoms with van der Waals surface area (Å²) < 4.78 is 5.61. The Bertz CT molecular complexity index is 696. The second-order valence-corrected chi connectivity index (χ2v) is 7.41. The lowest BCUT2D eigenvalue weighted by molar-refractivity contribution is -0.125. The van der Waals surface area contributed by atoms with Gasteiger partial charge >= 0.3 is 0 Å². The maximum Gasteiger partial charge on any atom is 0.237 e. The Morgan fingerprint density at radius 3 is 2.62 bits per heavy atom. The lowest BCUT2D eigenvalue weighted by Gasteiger charge is -2.19. The van der Waals surface area contributed by atoms with Crippen LogP contribution in [0.5, 0.6) is 5.75 Å². The summed E-state index contributed by atoms with van der Waals surface area (Å²) in [6, 6.07) is 8.85. The zero-order valence-electron chi connectivity index (χ0n) is 14.0. The standard InChI is InChI=1S/C18H20N2O3S/c1-18(2,3)15(21)10-17-20(16(22)12-24-17)8-9-23-14-6-4-13(11-19)5-7-14/h4-7,10H,8-9,12H2,1-3H3/b17-10-. The molecule has 0 aromatic heterocycles. The number of amides is 1. The van der Waals surface area contributed by atoms with Crippen molar-refractivity contribution in [3.05, 3.63) is 40.9 Å². The van der Waals surface area contributed by atoms with E-state index in [1.54, 1.807) is 35.2 Å². The van der Waals surface area contributed by atoms with E-state index in [2.05, 4.69) is 0 Å². The van der Waals surface area contributed by atoms with Gasteiger partial charge in [0.1, 0.15) is 12.4 Å². The smallest absolute Gasteiger partial charge is 0.237 e. The van der Waals surface area contributed by atoms with Gasteiger partial charge in [-0.1, -0.05) is 32.5 Å². The van der Waals surface area contributed by atoms with Crippen molar-refractivity contribution < 1.29 is 14.3 Å². The Balaban J connectivity index is 1.96. The molecular formula is C18H20N2O3S. The highest BCUT2D eigenvalue weighted by Gasteiger charge is 2.29. The average Bonchev–Trinajstić information content (AvgIpc) is 2.88. The van der Waals surface area contributed by atoms with Crippen molar-refractivity contribution in [2.24, 2.45) is 5.41 Å². The number of nitrogens with zero attached hydrogens (tertiary/aromatic N) is 2. The number of nitriles is 1. The van der Waals surface area contributed by atoms with Gasteiger partial charge in [-0.25, -0.2) is 0 Å². The molecule has 1 aromatic carbocycles. The van der Waals surface area contributed by atoms with Crippen LogP contribution >= 0.6 is 11.8 Å². The Labute approximate surface area is 146 Å². The zero-order valence-corrected chi connectivity index (χ0v) is 14.9. The summed E-state index contributed by atoms with van der Waals surface area (Å²) in [6.07, 6.45) is 1.55. The minimum absolute atomic E-state index is 0.00212. The molecule has 0 radical (unpaired) electrons. The molecular weight excluding hydrogens is 324 g/mol. The van der Waals surface area contributed by atoms with E-state index >= 15 is 0 Å². The fourth-order valence-electron chi connectivity index (χ4n) is 1.98. The van der Waals surface area contributed by atoms with Crippen LogP contribution in [0.3, 0.4) is 0 Å². The Kier molecular flexibility index (Phi) is 5.68. The predicted molar refractivity (Wildman–Crippen MR) is 93.4 cm³/mol. The molecule has 0 aliphatic carbocycles.